The van der Waals surface area contributed by atoms with Crippen LogP contribution in [0, 0.1) is 6.92 Å². The molecular weight excluding hydrogens is 388 g/mol. The molecule has 1 saturated heterocycles. The predicted octanol–water partition coefficient (Wildman–Crippen LogP) is 3.77. The lowest BCUT2D eigenvalue weighted by atomic mass is 10.0. The number of likely N-dealkylation sites (tertiary alicyclic amines) is 1. The molecule has 0 aromatic heterocycles. The lowest BCUT2D eigenvalue weighted by molar-refractivity contribution is -0.134. The van der Waals surface area contributed by atoms with E-state index >= 15 is 0 Å². The molecule has 0 radical (unpaired) electrons. The molecule has 0 aliphatic carbocycles. The highest BCUT2D eigenvalue weighted by Gasteiger charge is 2.24. The number of hydrogen-bond donors (Lipinski definition) is 1. The van der Waals surface area contributed by atoms with E-state index in [9.17, 15) is 9.59 Å². The number of piperidine rings is 1. The van der Waals surface area contributed by atoms with Crippen LogP contribution < -0.4 is 10.1 Å². The number of benzene rings is 2. The monoisotopic (exact) mass is 414 g/mol. The van der Waals surface area contributed by atoms with Gasteiger partial charge in [-0.2, -0.15) is 0 Å². The molecule has 6 heteroatoms. The fourth-order valence-electron chi connectivity index (χ4n) is 3.35. The van der Waals surface area contributed by atoms with Crippen LogP contribution in [0.1, 0.15) is 30.4 Å². The zero-order valence-electron chi connectivity index (χ0n) is 16.7. The van der Waals surface area contributed by atoms with E-state index < -0.39 is 0 Å². The van der Waals surface area contributed by atoms with E-state index in [1.807, 2.05) is 60.4 Å². The van der Waals surface area contributed by atoms with Crippen LogP contribution >= 0.6 is 11.6 Å². The second-order valence-corrected chi connectivity index (χ2v) is 7.89. The Hall–Kier alpha value is -2.53. The van der Waals surface area contributed by atoms with E-state index in [1.165, 1.54) is 0 Å². The number of aryl methyl sites for hydroxylation is 2. The molecule has 154 valence electrons. The number of amides is 2. The summed E-state index contributed by atoms with van der Waals surface area (Å²) in [6, 6.07) is 15.3. The average molecular weight is 415 g/mol. The highest BCUT2D eigenvalue weighted by molar-refractivity contribution is 6.30. The highest BCUT2D eigenvalue weighted by atomic mass is 35.5. The van der Waals surface area contributed by atoms with Crippen molar-refractivity contribution >= 4 is 23.4 Å². The van der Waals surface area contributed by atoms with Crippen molar-refractivity contribution < 1.29 is 14.3 Å². The molecule has 3 rings (SSSR count). The fraction of sp³-hybridized carbons (Fsp3) is 0.391. The molecule has 1 aliphatic heterocycles. The lowest BCUT2D eigenvalue weighted by Crippen LogP contribution is -2.47. The van der Waals surface area contributed by atoms with Gasteiger partial charge in [0, 0.05) is 30.6 Å². The molecule has 2 aromatic carbocycles. The summed E-state index contributed by atoms with van der Waals surface area (Å²) >= 11 is 5.88. The summed E-state index contributed by atoms with van der Waals surface area (Å²) in [5.41, 5.74) is 2.25. The average Bonchev–Trinajstić information content (AvgIpc) is 2.73. The second-order valence-electron chi connectivity index (χ2n) is 7.45. The zero-order valence-corrected chi connectivity index (χ0v) is 17.5. The summed E-state index contributed by atoms with van der Waals surface area (Å²) in [5.74, 6) is 0.734. The second kappa shape index (κ2) is 10.3. The van der Waals surface area contributed by atoms with Gasteiger partial charge in [-0.15, -0.1) is 0 Å². The molecular formula is C23H27ClN2O3. The molecule has 1 aliphatic rings. The number of hydrogen-bond acceptors (Lipinski definition) is 3. The minimum atomic E-state index is -0.0157. The predicted molar refractivity (Wildman–Crippen MR) is 114 cm³/mol. The zero-order chi connectivity index (χ0) is 20.6. The third kappa shape index (κ3) is 6.79. The Kier molecular flexibility index (Phi) is 7.53. The minimum absolute atomic E-state index is 0.0157. The Morgan fingerprint density at radius 3 is 2.38 bits per heavy atom. The molecule has 29 heavy (non-hydrogen) atoms. The van der Waals surface area contributed by atoms with Crippen LogP contribution in [0.5, 0.6) is 5.75 Å². The van der Waals surface area contributed by atoms with Gasteiger partial charge in [0.25, 0.3) is 5.91 Å². The molecule has 1 N–H and O–H groups in total. The summed E-state index contributed by atoms with van der Waals surface area (Å²) in [6.07, 6.45) is 2.67. The van der Waals surface area contributed by atoms with Gasteiger partial charge < -0.3 is 15.0 Å². The van der Waals surface area contributed by atoms with Crippen LogP contribution in [0.4, 0.5) is 0 Å². The van der Waals surface area contributed by atoms with Crippen LogP contribution in [0.3, 0.4) is 0 Å². The van der Waals surface area contributed by atoms with Gasteiger partial charge in [-0.25, -0.2) is 0 Å². The number of nitrogens with zero attached hydrogens (tertiary/aromatic N) is 1. The molecule has 0 saturated carbocycles. The Morgan fingerprint density at radius 2 is 1.72 bits per heavy atom. The summed E-state index contributed by atoms with van der Waals surface area (Å²) in [4.78, 5) is 26.4. The first kappa shape index (κ1) is 21.2. The number of carbonyl (C=O) groups is 2. The van der Waals surface area contributed by atoms with Gasteiger partial charge in [0.05, 0.1) is 0 Å². The van der Waals surface area contributed by atoms with E-state index in [0.29, 0.717) is 36.7 Å². The van der Waals surface area contributed by atoms with Crippen molar-refractivity contribution in [2.24, 2.45) is 0 Å². The van der Waals surface area contributed by atoms with Crippen molar-refractivity contribution in [1.29, 1.82) is 0 Å². The molecule has 0 unspecified atom stereocenters. The maximum absolute atomic E-state index is 12.4. The highest BCUT2D eigenvalue weighted by Crippen LogP contribution is 2.15. The van der Waals surface area contributed by atoms with E-state index in [4.69, 9.17) is 16.3 Å². The lowest BCUT2D eigenvalue weighted by Gasteiger charge is -2.32. The smallest absolute Gasteiger partial charge is 0.260 e. The van der Waals surface area contributed by atoms with Crippen molar-refractivity contribution in [3.05, 3.63) is 64.7 Å². The SMILES string of the molecule is Cc1ccc(OCC(=O)N2CCC(NC(=O)CCc3ccc(Cl)cc3)CC2)cc1. The molecule has 1 heterocycles. The molecule has 2 aromatic rings. The number of nitrogens with one attached hydrogen (secondary N) is 1. The maximum atomic E-state index is 12.4. The van der Waals surface area contributed by atoms with Crippen LogP contribution in [0.2, 0.25) is 5.02 Å². The van der Waals surface area contributed by atoms with Crippen molar-refractivity contribution in [2.75, 3.05) is 19.7 Å². The number of rotatable bonds is 7. The van der Waals surface area contributed by atoms with E-state index in [-0.39, 0.29) is 24.5 Å². The van der Waals surface area contributed by atoms with Crippen molar-refractivity contribution in [2.45, 2.75) is 38.6 Å². The molecule has 1 fully saturated rings. The normalized spacial score (nSPS) is 14.5. The first-order valence-corrected chi connectivity index (χ1v) is 10.4. The Labute approximate surface area is 177 Å². The van der Waals surface area contributed by atoms with Gasteiger partial charge in [-0.1, -0.05) is 41.4 Å². The van der Waals surface area contributed by atoms with Crippen LogP contribution in [-0.2, 0) is 16.0 Å². The third-order valence-electron chi connectivity index (χ3n) is 5.15. The molecule has 0 spiro atoms. The number of carbonyl (C=O) groups excluding carboxylic acids is 2. The summed E-state index contributed by atoms with van der Waals surface area (Å²) in [7, 11) is 0. The largest absolute Gasteiger partial charge is 0.484 e. The quantitative estimate of drug-likeness (QED) is 0.750. The van der Waals surface area contributed by atoms with Crippen molar-refractivity contribution in [3.8, 4) is 5.75 Å². The van der Waals surface area contributed by atoms with Gasteiger partial charge in [0.1, 0.15) is 5.75 Å². The number of ether oxygens (including phenoxy) is 1. The Morgan fingerprint density at radius 1 is 1.07 bits per heavy atom. The van der Waals surface area contributed by atoms with Crippen molar-refractivity contribution in [1.82, 2.24) is 10.2 Å². The van der Waals surface area contributed by atoms with E-state index in [0.717, 1.165) is 24.0 Å². The molecule has 5 nitrogen and oxygen atoms in total. The first-order chi connectivity index (χ1) is 14.0. The molecule has 0 bridgehead atoms. The first-order valence-electron chi connectivity index (χ1n) is 10.0. The summed E-state index contributed by atoms with van der Waals surface area (Å²) in [6.45, 7) is 3.33. The standard InChI is InChI=1S/C23H27ClN2O3/c1-17-2-9-21(10-3-17)29-16-23(28)26-14-12-20(13-15-26)25-22(27)11-6-18-4-7-19(24)8-5-18/h2-5,7-10,20H,6,11-16H2,1H3,(H,25,27). The van der Waals surface area contributed by atoms with Gasteiger partial charge >= 0.3 is 0 Å². The summed E-state index contributed by atoms with van der Waals surface area (Å²) < 4.78 is 5.58. The van der Waals surface area contributed by atoms with Gasteiger partial charge in [0.15, 0.2) is 6.61 Å². The Bertz CT molecular complexity index is 813. The Balaban J connectivity index is 1.34. The number of halogens is 1. The van der Waals surface area contributed by atoms with Gasteiger partial charge in [0.2, 0.25) is 5.91 Å². The van der Waals surface area contributed by atoms with Crippen LogP contribution in [-0.4, -0.2) is 42.5 Å². The van der Waals surface area contributed by atoms with Gasteiger partial charge in [-0.3, -0.25) is 9.59 Å². The fourth-order valence-corrected chi connectivity index (χ4v) is 3.48. The van der Waals surface area contributed by atoms with E-state index in [1.54, 1.807) is 0 Å². The molecule has 2 amide bonds. The van der Waals surface area contributed by atoms with E-state index in [2.05, 4.69) is 5.32 Å². The van der Waals surface area contributed by atoms with Crippen molar-refractivity contribution in [3.63, 3.8) is 0 Å². The van der Waals surface area contributed by atoms with Crippen LogP contribution in [0.15, 0.2) is 48.5 Å². The maximum Gasteiger partial charge on any atom is 0.260 e. The van der Waals surface area contributed by atoms with Crippen LogP contribution in [0.25, 0.3) is 0 Å². The third-order valence-corrected chi connectivity index (χ3v) is 5.40. The topological polar surface area (TPSA) is 58.6 Å². The minimum Gasteiger partial charge on any atom is -0.484 e. The molecule has 0 atom stereocenters. The van der Waals surface area contributed by atoms with Gasteiger partial charge in [-0.05, 0) is 56.0 Å². The summed E-state index contributed by atoms with van der Waals surface area (Å²) in [5, 5.41) is 3.79.